The highest BCUT2D eigenvalue weighted by atomic mass is 19.4. The largest absolute Gasteiger partial charge is 0.573 e. The van der Waals surface area contributed by atoms with Crippen molar-refractivity contribution in [1.82, 2.24) is 4.90 Å². The Bertz CT molecular complexity index is 873. The standard InChI is InChI=1S/C21H21F8NO3/c22-19(23)30(20(24,25)26)11-10-16(31)13-32-18-7-2-1-5-15(18)9-8-14-4-3-6-17(12-14)33-21(27,28)29/h1-7,12,16,19,31H,8-11,13H2/t16-/m1/s1. The molecule has 0 aliphatic rings. The van der Waals surface area contributed by atoms with Crippen LogP contribution in [0.1, 0.15) is 17.5 Å². The Hall–Kier alpha value is -2.60. The average Bonchev–Trinajstić information content (AvgIpc) is 2.69. The van der Waals surface area contributed by atoms with Crippen molar-refractivity contribution < 1.29 is 49.7 Å². The van der Waals surface area contributed by atoms with Crippen molar-refractivity contribution >= 4 is 0 Å². The van der Waals surface area contributed by atoms with Crippen LogP contribution >= 0.6 is 0 Å². The topological polar surface area (TPSA) is 41.9 Å². The summed E-state index contributed by atoms with van der Waals surface area (Å²) in [7, 11) is 0. The van der Waals surface area contributed by atoms with Crippen molar-refractivity contribution in [3.8, 4) is 11.5 Å². The van der Waals surface area contributed by atoms with Crippen LogP contribution in [0.2, 0.25) is 0 Å². The predicted octanol–water partition coefficient (Wildman–Crippen LogP) is 5.54. The first-order valence-electron chi connectivity index (χ1n) is 9.70. The number of halogens is 8. The Morgan fingerprint density at radius 3 is 2.24 bits per heavy atom. The Balaban J connectivity index is 1.92. The first-order valence-corrected chi connectivity index (χ1v) is 9.70. The molecule has 2 aromatic carbocycles. The fraction of sp³-hybridized carbons (Fsp3) is 0.429. The lowest BCUT2D eigenvalue weighted by Crippen LogP contribution is -2.43. The Morgan fingerprint density at radius 1 is 0.909 bits per heavy atom. The number of alkyl halides is 8. The quantitative estimate of drug-likeness (QED) is 0.334. The molecule has 12 heteroatoms. The number of aliphatic hydroxyl groups is 1. The molecule has 1 N–H and O–H groups in total. The maximum Gasteiger partial charge on any atom is 0.573 e. The summed E-state index contributed by atoms with van der Waals surface area (Å²) in [5.74, 6) is -0.0508. The van der Waals surface area contributed by atoms with E-state index in [2.05, 4.69) is 4.74 Å². The fourth-order valence-corrected chi connectivity index (χ4v) is 2.92. The highest BCUT2D eigenvalue weighted by molar-refractivity contribution is 5.35. The summed E-state index contributed by atoms with van der Waals surface area (Å²) in [6.07, 6.45) is -11.4. The van der Waals surface area contributed by atoms with Crippen LogP contribution in [0.25, 0.3) is 0 Å². The zero-order chi connectivity index (χ0) is 24.6. The van der Waals surface area contributed by atoms with Crippen molar-refractivity contribution in [3.63, 3.8) is 0 Å². The molecule has 184 valence electrons. The van der Waals surface area contributed by atoms with Crippen LogP contribution in [0.5, 0.6) is 11.5 Å². The zero-order valence-corrected chi connectivity index (χ0v) is 17.0. The van der Waals surface area contributed by atoms with Gasteiger partial charge in [-0.2, -0.15) is 26.9 Å². The van der Waals surface area contributed by atoms with Gasteiger partial charge in [0.2, 0.25) is 0 Å². The molecule has 0 heterocycles. The van der Waals surface area contributed by atoms with Gasteiger partial charge in [0.1, 0.15) is 18.1 Å². The average molecular weight is 487 g/mol. The van der Waals surface area contributed by atoms with Gasteiger partial charge in [0.05, 0.1) is 6.10 Å². The first kappa shape index (κ1) is 26.7. The monoisotopic (exact) mass is 487 g/mol. The van der Waals surface area contributed by atoms with E-state index in [9.17, 15) is 40.2 Å². The number of hydrogen-bond acceptors (Lipinski definition) is 4. The van der Waals surface area contributed by atoms with E-state index >= 15 is 0 Å². The van der Waals surface area contributed by atoms with E-state index < -0.39 is 49.8 Å². The van der Waals surface area contributed by atoms with Crippen molar-refractivity contribution in [1.29, 1.82) is 0 Å². The lowest BCUT2D eigenvalue weighted by atomic mass is 10.0. The summed E-state index contributed by atoms with van der Waals surface area (Å²) in [4.78, 5) is -0.985. The molecule has 0 aliphatic carbocycles. The van der Waals surface area contributed by atoms with Crippen LogP contribution in [0, 0.1) is 0 Å². The van der Waals surface area contributed by atoms with Gasteiger partial charge in [0, 0.05) is 6.54 Å². The summed E-state index contributed by atoms with van der Waals surface area (Å²) in [5, 5.41) is 9.86. The van der Waals surface area contributed by atoms with Gasteiger partial charge in [0.25, 0.3) is 0 Å². The molecular weight excluding hydrogens is 466 g/mol. The molecule has 0 saturated carbocycles. The number of aryl methyl sites for hydroxylation is 2. The zero-order valence-electron chi connectivity index (χ0n) is 17.0. The molecule has 0 spiro atoms. The Morgan fingerprint density at radius 2 is 1.61 bits per heavy atom. The molecule has 0 saturated heterocycles. The van der Waals surface area contributed by atoms with Crippen LogP contribution < -0.4 is 9.47 Å². The molecule has 0 bridgehead atoms. The minimum Gasteiger partial charge on any atom is -0.491 e. The molecule has 2 aromatic rings. The highest BCUT2D eigenvalue weighted by Crippen LogP contribution is 2.27. The van der Waals surface area contributed by atoms with E-state index in [-0.39, 0.29) is 5.75 Å². The molecule has 0 unspecified atom stereocenters. The number of hydrogen-bond donors (Lipinski definition) is 1. The van der Waals surface area contributed by atoms with E-state index in [0.29, 0.717) is 29.7 Å². The van der Waals surface area contributed by atoms with E-state index in [1.54, 1.807) is 30.3 Å². The third-order valence-corrected chi connectivity index (χ3v) is 4.48. The third kappa shape index (κ3) is 9.42. The van der Waals surface area contributed by atoms with Crippen LogP contribution in [-0.2, 0) is 12.8 Å². The lowest BCUT2D eigenvalue weighted by Gasteiger charge is -2.24. The van der Waals surface area contributed by atoms with Crippen molar-refractivity contribution in [3.05, 3.63) is 59.7 Å². The fourth-order valence-electron chi connectivity index (χ4n) is 2.92. The van der Waals surface area contributed by atoms with Crippen LogP contribution in [0.15, 0.2) is 48.5 Å². The Kier molecular flexibility index (Phi) is 9.29. The Labute approximate surface area is 184 Å². The number of ether oxygens (including phenoxy) is 2. The van der Waals surface area contributed by atoms with Gasteiger partial charge >= 0.3 is 19.2 Å². The van der Waals surface area contributed by atoms with Gasteiger partial charge in [-0.25, -0.2) is 0 Å². The summed E-state index contributed by atoms with van der Waals surface area (Å²) in [6.45, 7) is -5.29. The van der Waals surface area contributed by atoms with E-state index in [1.807, 2.05) is 0 Å². The third-order valence-electron chi connectivity index (χ3n) is 4.48. The minimum absolute atomic E-state index is 0.306. The molecule has 0 amide bonds. The molecule has 0 aromatic heterocycles. The molecule has 0 aliphatic heterocycles. The summed E-state index contributed by atoms with van der Waals surface area (Å²) < 4.78 is 109. The molecule has 0 fully saturated rings. The second-order valence-corrected chi connectivity index (χ2v) is 7.00. The van der Waals surface area contributed by atoms with E-state index in [4.69, 9.17) is 4.74 Å². The van der Waals surface area contributed by atoms with Crippen molar-refractivity contribution in [2.75, 3.05) is 13.2 Å². The summed E-state index contributed by atoms with van der Waals surface area (Å²) >= 11 is 0. The van der Waals surface area contributed by atoms with Gasteiger partial charge < -0.3 is 14.6 Å². The molecule has 0 radical (unpaired) electrons. The normalized spacial score (nSPS) is 13.4. The van der Waals surface area contributed by atoms with Gasteiger partial charge in [-0.3, -0.25) is 0 Å². The maximum absolute atomic E-state index is 12.5. The van der Waals surface area contributed by atoms with E-state index in [0.717, 1.165) is 0 Å². The van der Waals surface area contributed by atoms with Gasteiger partial charge in [-0.1, -0.05) is 30.3 Å². The molecule has 4 nitrogen and oxygen atoms in total. The second kappa shape index (κ2) is 11.5. The molecule has 33 heavy (non-hydrogen) atoms. The SMILES string of the molecule is O[C@H](CCN(C(F)F)C(F)(F)F)COc1ccccc1CCc1cccc(OC(F)(F)F)c1. The predicted molar refractivity (Wildman–Crippen MR) is 102 cm³/mol. The first-order chi connectivity index (χ1) is 15.3. The number of benzene rings is 2. The van der Waals surface area contributed by atoms with Crippen molar-refractivity contribution in [2.45, 2.75) is 44.6 Å². The smallest absolute Gasteiger partial charge is 0.491 e. The van der Waals surface area contributed by atoms with Gasteiger partial charge in [-0.05, 0) is 48.6 Å². The number of nitrogens with zero attached hydrogens (tertiary/aromatic N) is 1. The highest BCUT2D eigenvalue weighted by Gasteiger charge is 2.42. The second-order valence-electron chi connectivity index (χ2n) is 7.00. The molecular formula is C21H21F8NO3. The van der Waals surface area contributed by atoms with E-state index in [1.165, 1.54) is 18.2 Å². The molecule has 2 rings (SSSR count). The van der Waals surface area contributed by atoms with Crippen LogP contribution in [0.4, 0.5) is 35.1 Å². The van der Waals surface area contributed by atoms with Gasteiger partial charge in [0.15, 0.2) is 0 Å². The lowest BCUT2D eigenvalue weighted by molar-refractivity contribution is -0.293. The summed E-state index contributed by atoms with van der Waals surface area (Å²) in [5.41, 5.74) is 1.20. The van der Waals surface area contributed by atoms with Gasteiger partial charge in [-0.15, -0.1) is 13.2 Å². The number of aliphatic hydroxyl groups excluding tert-OH is 1. The summed E-state index contributed by atoms with van der Waals surface area (Å²) in [6, 6.07) is 12.0. The van der Waals surface area contributed by atoms with Crippen LogP contribution in [0.3, 0.4) is 0 Å². The van der Waals surface area contributed by atoms with Crippen molar-refractivity contribution in [2.24, 2.45) is 0 Å². The maximum atomic E-state index is 12.5. The number of para-hydroxylation sites is 1. The minimum atomic E-state index is -5.23. The number of rotatable bonds is 11. The molecule has 1 atom stereocenters. The van der Waals surface area contributed by atoms with Crippen LogP contribution in [-0.4, -0.2) is 48.5 Å².